The van der Waals surface area contributed by atoms with E-state index in [2.05, 4.69) is 15.6 Å². The lowest BCUT2D eigenvalue weighted by atomic mass is 10.1. The fourth-order valence-corrected chi connectivity index (χ4v) is 2.86. The van der Waals surface area contributed by atoms with Crippen LogP contribution in [0.15, 0.2) is 41.8 Å². The molecule has 1 atom stereocenters. The minimum Gasteiger partial charge on any atom is -0.449 e. The molecule has 0 saturated carbocycles. The topological polar surface area (TPSA) is 131 Å². The second kappa shape index (κ2) is 10.3. The maximum atomic E-state index is 12.4. The van der Waals surface area contributed by atoms with Gasteiger partial charge in [-0.05, 0) is 19.1 Å². The van der Waals surface area contributed by atoms with Gasteiger partial charge in [0, 0.05) is 26.5 Å². The number of carbonyl (C=O) groups excluding carboxylic acids is 4. The summed E-state index contributed by atoms with van der Waals surface area (Å²) in [5.74, 6) is -1.81. The number of nitrogens with zero attached hydrogens (tertiary/aromatic N) is 2. The second-order valence-corrected chi connectivity index (χ2v) is 6.76. The molecule has 0 radical (unpaired) electrons. The first-order valence-electron chi connectivity index (χ1n) is 8.54. The van der Waals surface area contributed by atoms with Crippen molar-refractivity contribution in [2.75, 3.05) is 18.1 Å². The van der Waals surface area contributed by atoms with Crippen LogP contribution in [0.25, 0.3) is 0 Å². The number of aryl methyl sites for hydroxylation is 1. The number of anilines is 1. The molecule has 0 aliphatic heterocycles. The van der Waals surface area contributed by atoms with E-state index < -0.39 is 24.0 Å². The molecule has 1 heterocycles. The summed E-state index contributed by atoms with van der Waals surface area (Å²) < 4.78 is 6.89. The third kappa shape index (κ3) is 6.35. The quantitative estimate of drug-likeness (QED) is 0.453. The zero-order chi connectivity index (χ0) is 21.4. The average molecular weight is 419 g/mol. The number of thioether (sulfide) groups is 1. The van der Waals surface area contributed by atoms with Crippen LogP contribution < -0.4 is 16.0 Å². The van der Waals surface area contributed by atoms with Gasteiger partial charge >= 0.3 is 12.0 Å². The van der Waals surface area contributed by atoms with E-state index in [0.29, 0.717) is 5.16 Å². The van der Waals surface area contributed by atoms with Crippen LogP contribution in [-0.2, 0) is 21.4 Å². The first-order valence-corrected chi connectivity index (χ1v) is 9.53. The lowest BCUT2D eigenvalue weighted by Crippen LogP contribution is -2.43. The molecule has 11 heteroatoms. The lowest BCUT2D eigenvalue weighted by Gasteiger charge is -2.15. The first kappa shape index (κ1) is 22.0. The third-order valence-corrected chi connectivity index (χ3v) is 4.71. The minimum absolute atomic E-state index is 0.0856. The number of carbonyl (C=O) groups is 4. The molecule has 0 aliphatic carbocycles. The van der Waals surface area contributed by atoms with E-state index in [4.69, 9.17) is 4.74 Å². The van der Waals surface area contributed by atoms with E-state index in [1.54, 1.807) is 35.2 Å². The Kier molecular flexibility index (Phi) is 7.78. The van der Waals surface area contributed by atoms with Gasteiger partial charge in [0.1, 0.15) is 0 Å². The molecule has 4 amide bonds. The summed E-state index contributed by atoms with van der Waals surface area (Å²) in [5, 5.41) is 7.59. The van der Waals surface area contributed by atoms with Crippen LogP contribution in [0.1, 0.15) is 17.3 Å². The number of ether oxygens (including phenoxy) is 1. The van der Waals surface area contributed by atoms with Crippen molar-refractivity contribution in [3.63, 3.8) is 0 Å². The number of nitrogens with one attached hydrogen (secondary N) is 3. The summed E-state index contributed by atoms with van der Waals surface area (Å²) in [7, 11) is 3.17. The molecule has 10 nitrogen and oxygen atoms in total. The van der Waals surface area contributed by atoms with Crippen molar-refractivity contribution in [3.05, 3.63) is 42.2 Å². The summed E-state index contributed by atoms with van der Waals surface area (Å²) in [5.41, 5.74) is 0.337. The van der Waals surface area contributed by atoms with Gasteiger partial charge in [-0.25, -0.2) is 14.6 Å². The molecule has 2 aromatic rings. The molecule has 0 fully saturated rings. The largest absolute Gasteiger partial charge is 0.449 e. The van der Waals surface area contributed by atoms with E-state index >= 15 is 0 Å². The van der Waals surface area contributed by atoms with Crippen molar-refractivity contribution in [2.45, 2.75) is 18.2 Å². The Hall–Kier alpha value is -3.34. The van der Waals surface area contributed by atoms with E-state index in [-0.39, 0.29) is 22.9 Å². The van der Waals surface area contributed by atoms with E-state index in [1.165, 1.54) is 31.8 Å². The van der Waals surface area contributed by atoms with Gasteiger partial charge < -0.3 is 19.9 Å². The maximum Gasteiger partial charge on any atom is 0.341 e. The van der Waals surface area contributed by atoms with Gasteiger partial charge in [0.25, 0.3) is 5.91 Å². The Morgan fingerprint density at radius 1 is 1.24 bits per heavy atom. The Morgan fingerprint density at radius 3 is 2.62 bits per heavy atom. The SMILES string of the molecule is CNC(=O)NC(=O)C(C)OC(=O)c1ccccc1NC(=O)CSc1nccn1C. The Bertz CT molecular complexity index is 914. The number of para-hydroxylation sites is 1. The highest BCUT2D eigenvalue weighted by molar-refractivity contribution is 7.99. The van der Waals surface area contributed by atoms with Gasteiger partial charge in [-0.15, -0.1) is 0 Å². The van der Waals surface area contributed by atoms with Crippen LogP contribution in [-0.4, -0.2) is 52.3 Å². The molecule has 2 rings (SSSR count). The van der Waals surface area contributed by atoms with Gasteiger partial charge in [0.05, 0.1) is 17.0 Å². The number of rotatable bonds is 7. The normalized spacial score (nSPS) is 11.3. The molecular weight excluding hydrogens is 398 g/mol. The van der Waals surface area contributed by atoms with Crippen LogP contribution in [0, 0.1) is 0 Å². The van der Waals surface area contributed by atoms with Gasteiger partial charge in [-0.3, -0.25) is 14.9 Å². The number of imidazole rings is 1. The Labute approximate surface area is 171 Å². The van der Waals surface area contributed by atoms with Gasteiger partial charge in [-0.1, -0.05) is 23.9 Å². The molecule has 0 aliphatic rings. The number of hydrogen-bond acceptors (Lipinski definition) is 7. The first-order chi connectivity index (χ1) is 13.8. The van der Waals surface area contributed by atoms with Gasteiger partial charge in [0.2, 0.25) is 5.91 Å². The molecule has 29 heavy (non-hydrogen) atoms. The van der Waals surface area contributed by atoms with Crippen LogP contribution in [0.4, 0.5) is 10.5 Å². The lowest BCUT2D eigenvalue weighted by molar-refractivity contribution is -0.127. The number of amides is 4. The van der Waals surface area contributed by atoms with Crippen molar-refractivity contribution in [3.8, 4) is 0 Å². The zero-order valence-corrected chi connectivity index (χ0v) is 16.9. The fourth-order valence-electron chi connectivity index (χ4n) is 2.13. The monoisotopic (exact) mass is 419 g/mol. The van der Waals surface area contributed by atoms with E-state index in [1.807, 2.05) is 12.4 Å². The molecule has 1 unspecified atom stereocenters. The summed E-state index contributed by atoms with van der Waals surface area (Å²) in [6.07, 6.45) is 2.20. The highest BCUT2D eigenvalue weighted by Crippen LogP contribution is 2.19. The van der Waals surface area contributed by atoms with E-state index in [0.717, 1.165) is 0 Å². The predicted molar refractivity (Wildman–Crippen MR) is 106 cm³/mol. The molecular formula is C18H21N5O5S. The standard InChI is InChI=1S/C18H21N5O5S/c1-11(15(25)22-17(27)19-2)28-16(26)12-6-4-5-7-13(12)21-14(24)10-29-18-20-8-9-23(18)3/h4-9,11H,10H2,1-3H3,(H,21,24)(H2,19,22,25,27). The molecule has 1 aromatic carbocycles. The molecule has 0 bridgehead atoms. The summed E-state index contributed by atoms with van der Waals surface area (Å²) in [4.78, 5) is 51.8. The van der Waals surface area contributed by atoms with Crippen molar-refractivity contribution in [1.29, 1.82) is 0 Å². The van der Waals surface area contributed by atoms with E-state index in [9.17, 15) is 19.2 Å². The fraction of sp³-hybridized carbons (Fsp3) is 0.278. The number of esters is 1. The summed E-state index contributed by atoms with van der Waals surface area (Å²) in [6.45, 7) is 1.33. The van der Waals surface area contributed by atoms with Crippen molar-refractivity contribution in [1.82, 2.24) is 20.2 Å². The highest BCUT2D eigenvalue weighted by atomic mass is 32.2. The van der Waals surface area contributed by atoms with Crippen LogP contribution in [0.3, 0.4) is 0 Å². The number of aromatic nitrogens is 2. The Balaban J connectivity index is 1.99. The van der Waals surface area contributed by atoms with Gasteiger partial charge in [0.15, 0.2) is 11.3 Å². The number of urea groups is 1. The molecule has 3 N–H and O–H groups in total. The zero-order valence-electron chi connectivity index (χ0n) is 16.1. The number of imide groups is 1. The molecule has 0 saturated heterocycles. The second-order valence-electron chi connectivity index (χ2n) is 5.82. The highest BCUT2D eigenvalue weighted by Gasteiger charge is 2.22. The molecule has 154 valence electrons. The van der Waals surface area contributed by atoms with Gasteiger partial charge in [-0.2, -0.15) is 0 Å². The van der Waals surface area contributed by atoms with Crippen LogP contribution in [0.2, 0.25) is 0 Å². The van der Waals surface area contributed by atoms with Crippen LogP contribution >= 0.6 is 11.8 Å². The molecule has 1 aromatic heterocycles. The summed E-state index contributed by atoms with van der Waals surface area (Å²) >= 11 is 1.25. The summed E-state index contributed by atoms with van der Waals surface area (Å²) in [6, 6.07) is 5.56. The maximum absolute atomic E-state index is 12.4. The minimum atomic E-state index is -1.21. The number of benzene rings is 1. The number of hydrogen-bond donors (Lipinski definition) is 3. The molecule has 0 spiro atoms. The van der Waals surface area contributed by atoms with Crippen molar-refractivity contribution in [2.24, 2.45) is 7.05 Å². The van der Waals surface area contributed by atoms with Crippen LogP contribution in [0.5, 0.6) is 0 Å². The van der Waals surface area contributed by atoms with Crippen molar-refractivity contribution >= 4 is 41.3 Å². The average Bonchev–Trinajstić information content (AvgIpc) is 3.11. The van der Waals surface area contributed by atoms with Crippen molar-refractivity contribution < 1.29 is 23.9 Å². The third-order valence-electron chi connectivity index (χ3n) is 3.65. The Morgan fingerprint density at radius 2 is 1.97 bits per heavy atom. The predicted octanol–water partition coefficient (Wildman–Crippen LogP) is 1.15. The smallest absolute Gasteiger partial charge is 0.341 e.